The number of nitrogens with zero attached hydrogens (tertiary/aromatic N) is 3. The average Bonchev–Trinajstić information content (AvgIpc) is 2.69. The lowest BCUT2D eigenvalue weighted by molar-refractivity contribution is 0.578. The minimum atomic E-state index is -3.78. The third kappa shape index (κ3) is 2.77. The fourth-order valence-corrected chi connectivity index (χ4v) is 3.63. The minimum Gasteiger partial charge on any atom is -0.278 e. The van der Waals surface area contributed by atoms with Crippen molar-refractivity contribution in [3.63, 3.8) is 0 Å². The molecule has 1 N–H and O–H groups in total. The van der Waals surface area contributed by atoms with Crippen molar-refractivity contribution in [3.8, 4) is 12.3 Å². The highest BCUT2D eigenvalue weighted by Gasteiger charge is 2.23. The first-order valence-electron chi connectivity index (χ1n) is 5.09. The number of hydrogen-bond acceptors (Lipinski definition) is 4. The van der Waals surface area contributed by atoms with Crippen molar-refractivity contribution in [1.29, 1.82) is 0 Å². The van der Waals surface area contributed by atoms with Crippen LogP contribution in [-0.4, -0.2) is 23.4 Å². The summed E-state index contributed by atoms with van der Waals surface area (Å²) in [5, 5.41) is 7.21. The Morgan fingerprint density at radius 3 is 2.79 bits per heavy atom. The second kappa shape index (κ2) is 5.03. The number of hydrogen-bond donors (Lipinski definition) is 1. The molecular weight excluding hydrogens is 332 g/mol. The third-order valence-electron chi connectivity index (χ3n) is 2.27. The molecule has 0 spiro atoms. The van der Waals surface area contributed by atoms with Crippen molar-refractivity contribution in [1.82, 2.24) is 15.0 Å². The van der Waals surface area contributed by atoms with E-state index in [-0.39, 0.29) is 9.63 Å². The molecule has 2 aromatic rings. The van der Waals surface area contributed by atoms with Crippen molar-refractivity contribution < 1.29 is 8.42 Å². The molecule has 6 nitrogen and oxygen atoms in total. The van der Waals surface area contributed by atoms with Gasteiger partial charge in [-0.05, 0) is 34.1 Å². The molecule has 0 unspecified atom stereocenters. The molecule has 0 amide bonds. The van der Waals surface area contributed by atoms with E-state index in [4.69, 9.17) is 6.42 Å². The lowest BCUT2D eigenvalue weighted by atomic mass is 10.2. The number of halogens is 1. The summed E-state index contributed by atoms with van der Waals surface area (Å²) in [5.74, 6) is 2.44. The second-order valence-electron chi connectivity index (χ2n) is 3.64. The Kier molecular flexibility index (Phi) is 3.59. The maximum Gasteiger partial charge on any atom is 0.281 e. The van der Waals surface area contributed by atoms with E-state index in [0.29, 0.717) is 11.3 Å². The predicted molar refractivity (Wildman–Crippen MR) is 73.9 cm³/mol. The van der Waals surface area contributed by atoms with Gasteiger partial charge in [0.15, 0.2) is 4.60 Å². The van der Waals surface area contributed by atoms with Gasteiger partial charge < -0.3 is 0 Å². The van der Waals surface area contributed by atoms with Gasteiger partial charge in [0.25, 0.3) is 10.0 Å². The van der Waals surface area contributed by atoms with Crippen molar-refractivity contribution in [3.05, 3.63) is 34.4 Å². The predicted octanol–water partition coefficient (Wildman–Crippen LogP) is 1.36. The van der Waals surface area contributed by atoms with Crippen LogP contribution < -0.4 is 4.72 Å². The zero-order chi connectivity index (χ0) is 14.0. The Morgan fingerprint density at radius 1 is 1.47 bits per heavy atom. The van der Waals surface area contributed by atoms with E-state index in [2.05, 4.69) is 36.9 Å². The van der Waals surface area contributed by atoms with Crippen LogP contribution in [0.25, 0.3) is 0 Å². The molecule has 0 bridgehead atoms. The normalized spacial score (nSPS) is 11.0. The molecule has 0 fully saturated rings. The van der Waals surface area contributed by atoms with Crippen molar-refractivity contribution in [2.75, 3.05) is 4.72 Å². The van der Waals surface area contributed by atoms with E-state index < -0.39 is 10.0 Å². The molecule has 0 saturated heterocycles. The van der Waals surface area contributed by atoms with Gasteiger partial charge in [-0.25, -0.2) is 4.68 Å². The third-order valence-corrected chi connectivity index (χ3v) is 4.54. The van der Waals surface area contributed by atoms with E-state index in [0.717, 1.165) is 4.68 Å². The Bertz CT molecular complexity index is 742. The Hall–Kier alpha value is -1.85. The first-order valence-corrected chi connectivity index (χ1v) is 7.36. The fourth-order valence-electron chi connectivity index (χ4n) is 1.48. The van der Waals surface area contributed by atoms with E-state index in [9.17, 15) is 8.42 Å². The van der Waals surface area contributed by atoms with Crippen LogP contribution >= 0.6 is 15.9 Å². The first kappa shape index (κ1) is 13.6. The smallest absolute Gasteiger partial charge is 0.278 e. The summed E-state index contributed by atoms with van der Waals surface area (Å²) in [6, 6.07) is 6.55. The Balaban J connectivity index is 2.40. The molecule has 1 heterocycles. The van der Waals surface area contributed by atoms with Gasteiger partial charge in [0.1, 0.15) is 0 Å². The van der Waals surface area contributed by atoms with E-state index in [1.165, 1.54) is 7.05 Å². The quantitative estimate of drug-likeness (QED) is 0.856. The summed E-state index contributed by atoms with van der Waals surface area (Å²) in [4.78, 5) is 0. The average molecular weight is 341 g/mol. The summed E-state index contributed by atoms with van der Waals surface area (Å²) in [7, 11) is -2.29. The van der Waals surface area contributed by atoms with Crippen LogP contribution in [0.5, 0.6) is 0 Å². The molecule has 2 rings (SSSR count). The number of terminal acetylenes is 1. The van der Waals surface area contributed by atoms with Crippen LogP contribution in [0.15, 0.2) is 33.9 Å². The molecule has 0 saturated carbocycles. The molecule has 0 atom stereocenters. The number of benzene rings is 1. The fraction of sp³-hybridized carbons (Fsp3) is 0.0909. The monoisotopic (exact) mass is 340 g/mol. The molecule has 1 aromatic carbocycles. The maximum atomic E-state index is 12.2. The molecule has 0 aliphatic rings. The zero-order valence-electron chi connectivity index (χ0n) is 9.83. The summed E-state index contributed by atoms with van der Waals surface area (Å²) < 4.78 is 28.2. The van der Waals surface area contributed by atoms with Crippen LogP contribution in [0.4, 0.5) is 5.69 Å². The largest absolute Gasteiger partial charge is 0.281 e. The Labute approximate surface area is 119 Å². The van der Waals surface area contributed by atoms with Crippen molar-refractivity contribution >= 4 is 31.6 Å². The van der Waals surface area contributed by atoms with Crippen LogP contribution in [0.2, 0.25) is 0 Å². The van der Waals surface area contributed by atoms with Crippen molar-refractivity contribution in [2.45, 2.75) is 5.03 Å². The van der Waals surface area contributed by atoms with Gasteiger partial charge in [0.2, 0.25) is 5.03 Å². The Morgan fingerprint density at radius 2 is 2.21 bits per heavy atom. The van der Waals surface area contributed by atoms with Gasteiger partial charge in [0.05, 0.1) is 5.69 Å². The van der Waals surface area contributed by atoms with Gasteiger partial charge >= 0.3 is 0 Å². The molecule has 1 aromatic heterocycles. The number of sulfonamides is 1. The van der Waals surface area contributed by atoms with E-state index in [1.807, 2.05) is 0 Å². The van der Waals surface area contributed by atoms with Crippen LogP contribution in [0.1, 0.15) is 5.56 Å². The summed E-state index contributed by atoms with van der Waals surface area (Å²) in [6.45, 7) is 0. The van der Waals surface area contributed by atoms with Gasteiger partial charge in [-0.2, -0.15) is 8.42 Å². The number of aryl methyl sites for hydroxylation is 1. The lowest BCUT2D eigenvalue weighted by Gasteiger charge is -2.08. The van der Waals surface area contributed by atoms with Gasteiger partial charge in [-0.3, -0.25) is 4.72 Å². The lowest BCUT2D eigenvalue weighted by Crippen LogP contribution is -2.17. The molecule has 0 aliphatic heterocycles. The van der Waals surface area contributed by atoms with Crippen LogP contribution in [0, 0.1) is 12.3 Å². The topological polar surface area (TPSA) is 76.9 Å². The highest BCUT2D eigenvalue weighted by molar-refractivity contribution is 9.10. The second-order valence-corrected chi connectivity index (χ2v) is 5.99. The van der Waals surface area contributed by atoms with Crippen LogP contribution in [0.3, 0.4) is 0 Å². The highest BCUT2D eigenvalue weighted by Crippen LogP contribution is 2.21. The summed E-state index contributed by atoms with van der Waals surface area (Å²) >= 11 is 3.05. The molecular formula is C11H9BrN4O2S. The molecule has 8 heteroatoms. The van der Waals surface area contributed by atoms with Crippen molar-refractivity contribution in [2.24, 2.45) is 7.05 Å². The molecule has 98 valence electrons. The minimum absolute atomic E-state index is 0.0568. The first-order chi connectivity index (χ1) is 8.94. The van der Waals surface area contributed by atoms with Crippen LogP contribution in [-0.2, 0) is 17.1 Å². The van der Waals surface area contributed by atoms with E-state index >= 15 is 0 Å². The number of aromatic nitrogens is 3. The number of rotatable bonds is 3. The maximum absolute atomic E-state index is 12.2. The van der Waals surface area contributed by atoms with E-state index in [1.54, 1.807) is 24.3 Å². The van der Waals surface area contributed by atoms with Gasteiger partial charge in [-0.15, -0.1) is 11.5 Å². The SMILES string of the molecule is C#Cc1cccc(NS(=O)(=O)c2c(Br)nnn2C)c1. The molecule has 0 aliphatic carbocycles. The zero-order valence-corrected chi connectivity index (χ0v) is 12.2. The van der Waals surface area contributed by atoms with Gasteiger partial charge in [0, 0.05) is 12.6 Å². The number of nitrogens with one attached hydrogen (secondary N) is 1. The van der Waals surface area contributed by atoms with Gasteiger partial charge in [-0.1, -0.05) is 17.2 Å². The highest BCUT2D eigenvalue weighted by atomic mass is 79.9. The summed E-state index contributed by atoms with van der Waals surface area (Å²) in [6.07, 6.45) is 5.27. The summed E-state index contributed by atoms with van der Waals surface area (Å²) in [5.41, 5.74) is 0.964. The number of anilines is 1. The standard InChI is InChI=1S/C11H9BrN4O2S/c1-3-8-5-4-6-9(7-8)14-19(17,18)11-10(12)13-15-16(11)2/h1,4-7,14H,2H3. The molecule has 0 radical (unpaired) electrons. The molecule has 19 heavy (non-hydrogen) atoms.